The average molecular weight is 367 g/mol. The number of allylic oxidation sites excluding steroid dienone is 1. The van der Waals surface area contributed by atoms with Crippen LogP contribution in [0.4, 0.5) is 11.6 Å². The number of H-pyrrole nitrogens is 1. The zero-order valence-electron chi connectivity index (χ0n) is 15.0. The molecule has 0 amide bonds. The van der Waals surface area contributed by atoms with Crippen molar-refractivity contribution in [2.45, 2.75) is 6.42 Å². The number of nitrogens with zero attached hydrogens (tertiary/aromatic N) is 4. The Hall–Kier alpha value is -3.92. The highest BCUT2D eigenvalue weighted by atomic mass is 15.0. The molecule has 4 N–H and O–H groups in total. The lowest BCUT2D eigenvalue weighted by atomic mass is 10.1. The van der Waals surface area contributed by atoms with Gasteiger partial charge in [0.25, 0.3) is 0 Å². The largest absolute Gasteiger partial charge is 0.383 e. The first-order valence-electron chi connectivity index (χ1n) is 8.97. The van der Waals surface area contributed by atoms with Gasteiger partial charge in [-0.2, -0.15) is 5.26 Å². The second-order valence-electron chi connectivity index (χ2n) is 7.04. The quantitative estimate of drug-likeness (QED) is 0.504. The number of hydrogen-bond donors (Lipinski definition) is 3. The van der Waals surface area contributed by atoms with Gasteiger partial charge in [-0.3, -0.25) is 4.98 Å². The van der Waals surface area contributed by atoms with E-state index in [1.54, 1.807) is 18.6 Å². The van der Waals surface area contributed by atoms with E-state index in [0.29, 0.717) is 11.6 Å². The summed E-state index contributed by atoms with van der Waals surface area (Å²) in [4.78, 5) is 16.4. The van der Waals surface area contributed by atoms with Gasteiger partial charge in [0.05, 0.1) is 29.4 Å². The van der Waals surface area contributed by atoms with E-state index in [1.807, 2.05) is 24.4 Å². The van der Waals surface area contributed by atoms with Crippen molar-refractivity contribution < 1.29 is 0 Å². The van der Waals surface area contributed by atoms with E-state index < -0.39 is 0 Å². The molecule has 2 unspecified atom stereocenters. The van der Waals surface area contributed by atoms with Gasteiger partial charge in [-0.25, -0.2) is 9.97 Å². The van der Waals surface area contributed by atoms with Gasteiger partial charge >= 0.3 is 0 Å². The van der Waals surface area contributed by atoms with Crippen molar-refractivity contribution in [1.29, 1.82) is 5.26 Å². The summed E-state index contributed by atoms with van der Waals surface area (Å²) in [5, 5.41) is 15.0. The monoisotopic (exact) mass is 367 g/mol. The molecule has 4 aromatic rings. The second-order valence-corrected chi connectivity index (χ2v) is 7.04. The first-order valence-corrected chi connectivity index (χ1v) is 8.97. The van der Waals surface area contributed by atoms with E-state index >= 15 is 0 Å². The molecule has 1 aliphatic carbocycles. The third kappa shape index (κ3) is 2.63. The lowest BCUT2D eigenvalue weighted by Crippen LogP contribution is -2.03. The van der Waals surface area contributed by atoms with Crippen LogP contribution in [0.3, 0.4) is 0 Å². The van der Waals surface area contributed by atoms with Crippen molar-refractivity contribution in [2.75, 3.05) is 11.1 Å². The Labute approximate surface area is 160 Å². The summed E-state index contributed by atoms with van der Waals surface area (Å²) in [5.74, 6) is 1.35. The fraction of sp³-hybridized carbons (Fsp3) is 0.143. The number of anilines is 2. The van der Waals surface area contributed by atoms with Crippen molar-refractivity contribution >= 4 is 33.3 Å². The predicted octanol–water partition coefficient (Wildman–Crippen LogP) is 3.84. The van der Waals surface area contributed by atoms with Crippen LogP contribution in [-0.2, 0) is 0 Å². The molecule has 5 rings (SSSR count). The van der Waals surface area contributed by atoms with Crippen molar-refractivity contribution in [2.24, 2.45) is 11.8 Å². The highest BCUT2D eigenvalue weighted by Gasteiger charge is 2.39. The van der Waals surface area contributed by atoms with Crippen molar-refractivity contribution in [3.63, 3.8) is 0 Å². The number of nitriles is 1. The zero-order valence-corrected chi connectivity index (χ0v) is 15.0. The summed E-state index contributed by atoms with van der Waals surface area (Å²) in [6, 6.07) is 8.19. The minimum atomic E-state index is 0.0567. The molecule has 0 bridgehead atoms. The summed E-state index contributed by atoms with van der Waals surface area (Å²) in [6.45, 7) is 4.05. The lowest BCUT2D eigenvalue weighted by molar-refractivity contribution is 0.940. The maximum Gasteiger partial charge on any atom is 0.133 e. The maximum absolute atomic E-state index is 9.00. The minimum absolute atomic E-state index is 0.0567. The molecule has 2 atom stereocenters. The molecular formula is C21H17N7. The molecule has 136 valence electrons. The van der Waals surface area contributed by atoms with Crippen LogP contribution in [0, 0.1) is 23.2 Å². The number of nitrogens with two attached hydrogens (primary N) is 1. The molecule has 0 aromatic carbocycles. The third-order valence-electron chi connectivity index (χ3n) is 5.19. The Kier molecular flexibility index (Phi) is 3.52. The molecule has 7 heteroatoms. The summed E-state index contributed by atoms with van der Waals surface area (Å²) < 4.78 is 0. The van der Waals surface area contributed by atoms with Crippen LogP contribution in [0.2, 0.25) is 0 Å². The second kappa shape index (κ2) is 6.06. The first-order chi connectivity index (χ1) is 13.6. The molecule has 1 fully saturated rings. The van der Waals surface area contributed by atoms with Crippen molar-refractivity contribution in [3.05, 3.63) is 55.3 Å². The highest BCUT2D eigenvalue weighted by molar-refractivity contribution is 5.99. The smallest absolute Gasteiger partial charge is 0.133 e. The maximum atomic E-state index is 9.00. The molecule has 1 saturated carbocycles. The van der Waals surface area contributed by atoms with Crippen LogP contribution >= 0.6 is 0 Å². The van der Waals surface area contributed by atoms with Gasteiger partial charge in [-0.1, -0.05) is 6.58 Å². The highest BCUT2D eigenvalue weighted by Crippen LogP contribution is 2.43. The van der Waals surface area contributed by atoms with E-state index in [-0.39, 0.29) is 11.8 Å². The van der Waals surface area contributed by atoms with E-state index in [2.05, 4.69) is 37.9 Å². The Morgan fingerprint density at radius 2 is 2.18 bits per heavy atom. The molecule has 1 aliphatic rings. The van der Waals surface area contributed by atoms with Crippen LogP contribution in [0.5, 0.6) is 0 Å². The molecule has 28 heavy (non-hydrogen) atoms. The normalized spacial score (nSPS) is 18.1. The number of aromatic amines is 1. The van der Waals surface area contributed by atoms with Crippen molar-refractivity contribution in [1.82, 2.24) is 19.9 Å². The average Bonchev–Trinajstić information content (AvgIpc) is 3.34. The van der Waals surface area contributed by atoms with Gasteiger partial charge in [0.2, 0.25) is 0 Å². The van der Waals surface area contributed by atoms with E-state index in [0.717, 1.165) is 45.1 Å². The van der Waals surface area contributed by atoms with Crippen LogP contribution < -0.4 is 11.1 Å². The predicted molar refractivity (Wildman–Crippen MR) is 109 cm³/mol. The van der Waals surface area contributed by atoms with Gasteiger partial charge < -0.3 is 16.0 Å². The molecule has 4 aromatic heterocycles. The number of nitrogens with one attached hydrogen (secondary N) is 2. The summed E-state index contributed by atoms with van der Waals surface area (Å²) in [6.07, 6.45) is 8.02. The van der Waals surface area contributed by atoms with Crippen molar-refractivity contribution in [3.8, 4) is 17.3 Å². The zero-order chi connectivity index (χ0) is 19.3. The standard InChI is InChI=1S/C21H17N7/c1-11(15-4-13(15)7-22)27-20-6-12-5-18(28-21(23)16(12)9-26-20)17-8-24-10-19-14(17)2-3-25-19/h2-3,5-6,8-10,13,15,25H,1,4H2,(H2,23,28)(H,26,27). The van der Waals surface area contributed by atoms with E-state index in [4.69, 9.17) is 11.0 Å². The Balaban J connectivity index is 1.55. The molecule has 0 saturated heterocycles. The van der Waals surface area contributed by atoms with Gasteiger partial charge in [0.1, 0.15) is 11.6 Å². The molecule has 4 heterocycles. The van der Waals surface area contributed by atoms with E-state index in [9.17, 15) is 0 Å². The Morgan fingerprint density at radius 1 is 1.29 bits per heavy atom. The van der Waals surface area contributed by atoms with E-state index in [1.165, 1.54) is 0 Å². The molecule has 0 aliphatic heterocycles. The van der Waals surface area contributed by atoms with Gasteiger partial charge in [0.15, 0.2) is 0 Å². The number of nitrogen functional groups attached to an aromatic ring is 1. The van der Waals surface area contributed by atoms with Gasteiger partial charge in [0, 0.05) is 46.5 Å². The number of fused-ring (bicyclic) bond motifs is 2. The van der Waals surface area contributed by atoms with Crippen LogP contribution in [0.25, 0.3) is 32.9 Å². The summed E-state index contributed by atoms with van der Waals surface area (Å²) in [5.41, 5.74) is 9.64. The number of pyridine rings is 3. The molecule has 7 nitrogen and oxygen atoms in total. The minimum Gasteiger partial charge on any atom is -0.383 e. The van der Waals surface area contributed by atoms with Gasteiger partial charge in [-0.05, 0) is 30.0 Å². The summed E-state index contributed by atoms with van der Waals surface area (Å²) >= 11 is 0. The fourth-order valence-corrected chi connectivity index (χ4v) is 3.54. The topological polar surface area (TPSA) is 116 Å². The molecular weight excluding hydrogens is 350 g/mol. The lowest BCUT2D eigenvalue weighted by Gasteiger charge is -2.11. The number of aromatic nitrogens is 4. The van der Waals surface area contributed by atoms with Crippen LogP contribution in [0.15, 0.2) is 55.3 Å². The number of rotatable bonds is 4. The molecule has 0 spiro atoms. The molecule has 0 radical (unpaired) electrons. The fourth-order valence-electron chi connectivity index (χ4n) is 3.54. The third-order valence-corrected chi connectivity index (χ3v) is 5.19. The van der Waals surface area contributed by atoms with Crippen LogP contribution in [-0.4, -0.2) is 19.9 Å². The first kappa shape index (κ1) is 16.3. The Bertz CT molecular complexity index is 1280. The number of hydrogen-bond acceptors (Lipinski definition) is 6. The SMILES string of the molecule is C=C(Nc1cc2cc(-c3cncc4[nH]ccc34)nc(N)c2cn1)C1CC1C#N. The van der Waals surface area contributed by atoms with Crippen LogP contribution in [0.1, 0.15) is 6.42 Å². The summed E-state index contributed by atoms with van der Waals surface area (Å²) in [7, 11) is 0. The Morgan fingerprint density at radius 3 is 3.00 bits per heavy atom. The van der Waals surface area contributed by atoms with Gasteiger partial charge in [-0.15, -0.1) is 0 Å².